The van der Waals surface area contributed by atoms with E-state index in [1.165, 1.54) is 36.1 Å². The molecule has 1 aliphatic carbocycles. The van der Waals surface area contributed by atoms with Gasteiger partial charge in [-0.3, -0.25) is 4.79 Å². The van der Waals surface area contributed by atoms with Gasteiger partial charge in [0.25, 0.3) is 0 Å². The van der Waals surface area contributed by atoms with Crippen molar-refractivity contribution in [1.29, 1.82) is 0 Å². The predicted octanol–water partition coefficient (Wildman–Crippen LogP) is 4.40. The molecule has 0 aliphatic heterocycles. The molecular weight excluding hydrogens is 336 g/mol. The first-order valence-electron chi connectivity index (χ1n) is 10.1. The number of ether oxygens (including phenoxy) is 1. The Kier molecular flexibility index (Phi) is 7.11. The van der Waals surface area contributed by atoms with Crippen molar-refractivity contribution in [2.24, 2.45) is 5.92 Å². The van der Waals surface area contributed by atoms with E-state index in [2.05, 4.69) is 54.1 Å². The molecule has 1 aromatic heterocycles. The molecule has 4 heteroatoms. The number of benzene rings is 1. The monoisotopic (exact) mass is 368 g/mol. The van der Waals surface area contributed by atoms with Crippen molar-refractivity contribution in [3.8, 4) is 0 Å². The molecule has 1 fully saturated rings. The summed E-state index contributed by atoms with van der Waals surface area (Å²) in [6.07, 6.45) is 7.80. The first-order chi connectivity index (χ1) is 13.2. The lowest BCUT2D eigenvalue weighted by Crippen LogP contribution is -2.39. The van der Waals surface area contributed by atoms with Gasteiger partial charge in [0.2, 0.25) is 5.91 Å². The van der Waals surface area contributed by atoms with Crippen molar-refractivity contribution in [2.45, 2.75) is 52.1 Å². The molecular formula is C23H32N2O2. The van der Waals surface area contributed by atoms with Crippen LogP contribution in [0.25, 0.3) is 0 Å². The van der Waals surface area contributed by atoms with E-state index in [1.54, 1.807) is 7.11 Å². The quantitative estimate of drug-likeness (QED) is 0.692. The Morgan fingerprint density at radius 3 is 2.59 bits per heavy atom. The molecule has 3 rings (SSSR count). The van der Waals surface area contributed by atoms with Gasteiger partial charge in [-0.1, -0.05) is 49.1 Å². The standard InChI is InChI=1S/C23H32N2O2/c1-19-10-12-20(13-11-19)17-24-14-6-9-22(24)18-25(15-16-27-2)23(26)21-7-4-3-5-8-21/h6,9-14,21H,3-5,7-8,15-18H2,1-2H3. The molecule has 0 atom stereocenters. The Labute approximate surface area is 163 Å². The minimum Gasteiger partial charge on any atom is -0.383 e. The van der Waals surface area contributed by atoms with Gasteiger partial charge in [0.15, 0.2) is 0 Å². The number of hydrogen-bond donors (Lipinski definition) is 0. The molecule has 1 saturated carbocycles. The van der Waals surface area contributed by atoms with Gasteiger partial charge in [0.05, 0.1) is 13.2 Å². The highest BCUT2D eigenvalue weighted by molar-refractivity contribution is 5.78. The number of aryl methyl sites for hydroxylation is 1. The SMILES string of the molecule is COCCN(Cc1cccn1Cc1ccc(C)cc1)C(=O)C1CCCCC1. The summed E-state index contributed by atoms with van der Waals surface area (Å²) >= 11 is 0. The first-order valence-corrected chi connectivity index (χ1v) is 10.1. The number of aromatic nitrogens is 1. The van der Waals surface area contributed by atoms with Crippen LogP contribution in [0.2, 0.25) is 0 Å². The third-order valence-electron chi connectivity index (χ3n) is 5.58. The van der Waals surface area contributed by atoms with Crippen LogP contribution in [0, 0.1) is 12.8 Å². The van der Waals surface area contributed by atoms with Crippen LogP contribution in [0.4, 0.5) is 0 Å². The van der Waals surface area contributed by atoms with Crippen LogP contribution in [0.5, 0.6) is 0 Å². The molecule has 0 bridgehead atoms. The normalized spacial score (nSPS) is 15.0. The third kappa shape index (κ3) is 5.46. The Morgan fingerprint density at radius 2 is 1.89 bits per heavy atom. The molecule has 0 radical (unpaired) electrons. The molecule has 4 nitrogen and oxygen atoms in total. The molecule has 0 spiro atoms. The van der Waals surface area contributed by atoms with E-state index in [9.17, 15) is 4.79 Å². The van der Waals surface area contributed by atoms with Gasteiger partial charge >= 0.3 is 0 Å². The molecule has 2 aromatic rings. The highest BCUT2D eigenvalue weighted by Crippen LogP contribution is 2.26. The van der Waals surface area contributed by atoms with Crippen molar-refractivity contribution in [1.82, 2.24) is 9.47 Å². The van der Waals surface area contributed by atoms with Gasteiger partial charge < -0.3 is 14.2 Å². The number of carbonyl (C=O) groups excluding carboxylic acids is 1. The number of methoxy groups -OCH3 is 1. The van der Waals surface area contributed by atoms with E-state index in [-0.39, 0.29) is 5.92 Å². The number of rotatable bonds is 8. The average molecular weight is 369 g/mol. The maximum absolute atomic E-state index is 13.1. The summed E-state index contributed by atoms with van der Waals surface area (Å²) in [5.41, 5.74) is 3.73. The maximum Gasteiger partial charge on any atom is 0.226 e. The first kappa shape index (κ1) is 19.7. The van der Waals surface area contributed by atoms with E-state index in [0.29, 0.717) is 25.6 Å². The topological polar surface area (TPSA) is 34.5 Å². The summed E-state index contributed by atoms with van der Waals surface area (Å²) in [5, 5.41) is 0. The minimum absolute atomic E-state index is 0.191. The van der Waals surface area contributed by atoms with Gasteiger partial charge in [-0.15, -0.1) is 0 Å². The fourth-order valence-electron chi connectivity index (χ4n) is 3.91. The van der Waals surface area contributed by atoms with E-state index < -0.39 is 0 Å². The summed E-state index contributed by atoms with van der Waals surface area (Å²) in [5.74, 6) is 0.492. The zero-order chi connectivity index (χ0) is 19.1. The Balaban J connectivity index is 1.70. The summed E-state index contributed by atoms with van der Waals surface area (Å²) in [7, 11) is 1.70. The number of amides is 1. The van der Waals surface area contributed by atoms with Gasteiger partial charge in [-0.25, -0.2) is 0 Å². The van der Waals surface area contributed by atoms with E-state index in [0.717, 1.165) is 19.4 Å². The van der Waals surface area contributed by atoms with Crippen LogP contribution in [-0.4, -0.2) is 35.6 Å². The van der Waals surface area contributed by atoms with Crippen LogP contribution in [0.15, 0.2) is 42.6 Å². The third-order valence-corrected chi connectivity index (χ3v) is 5.58. The van der Waals surface area contributed by atoms with Gasteiger partial charge in [0.1, 0.15) is 0 Å². The second-order valence-electron chi connectivity index (χ2n) is 7.70. The van der Waals surface area contributed by atoms with Crippen molar-refractivity contribution >= 4 is 5.91 Å². The largest absolute Gasteiger partial charge is 0.383 e. The van der Waals surface area contributed by atoms with Crippen LogP contribution in [0.1, 0.15) is 48.9 Å². The highest BCUT2D eigenvalue weighted by Gasteiger charge is 2.26. The summed E-state index contributed by atoms with van der Waals surface area (Å²) in [6, 6.07) is 12.8. The smallest absolute Gasteiger partial charge is 0.226 e. The second kappa shape index (κ2) is 9.75. The zero-order valence-electron chi connectivity index (χ0n) is 16.7. The minimum atomic E-state index is 0.191. The lowest BCUT2D eigenvalue weighted by molar-refractivity contribution is -0.138. The maximum atomic E-state index is 13.1. The summed E-state index contributed by atoms with van der Waals surface area (Å²) in [4.78, 5) is 15.1. The van der Waals surface area contributed by atoms with Gasteiger partial charge in [0, 0.05) is 38.0 Å². The van der Waals surface area contributed by atoms with Crippen LogP contribution < -0.4 is 0 Å². The fraction of sp³-hybridized carbons (Fsp3) is 0.522. The van der Waals surface area contributed by atoms with Gasteiger partial charge in [-0.2, -0.15) is 0 Å². The highest BCUT2D eigenvalue weighted by atomic mass is 16.5. The molecule has 0 unspecified atom stereocenters. The zero-order valence-corrected chi connectivity index (χ0v) is 16.7. The van der Waals surface area contributed by atoms with Crippen molar-refractivity contribution < 1.29 is 9.53 Å². The van der Waals surface area contributed by atoms with Gasteiger partial charge in [-0.05, 0) is 37.5 Å². The Bertz CT molecular complexity index is 714. The van der Waals surface area contributed by atoms with Crippen LogP contribution >= 0.6 is 0 Å². The molecule has 0 N–H and O–H groups in total. The van der Waals surface area contributed by atoms with E-state index in [1.807, 2.05) is 4.90 Å². The molecule has 1 aromatic carbocycles. The van der Waals surface area contributed by atoms with E-state index >= 15 is 0 Å². The lowest BCUT2D eigenvalue weighted by atomic mass is 9.88. The average Bonchev–Trinajstić information content (AvgIpc) is 3.13. The summed E-state index contributed by atoms with van der Waals surface area (Å²) in [6.45, 7) is 4.82. The summed E-state index contributed by atoms with van der Waals surface area (Å²) < 4.78 is 7.51. The second-order valence-corrected chi connectivity index (χ2v) is 7.70. The van der Waals surface area contributed by atoms with Crippen molar-refractivity contribution in [2.75, 3.05) is 20.3 Å². The molecule has 1 amide bonds. The lowest BCUT2D eigenvalue weighted by Gasteiger charge is -2.29. The predicted molar refractivity (Wildman–Crippen MR) is 109 cm³/mol. The number of carbonyl (C=O) groups is 1. The fourth-order valence-corrected chi connectivity index (χ4v) is 3.91. The molecule has 27 heavy (non-hydrogen) atoms. The molecule has 1 heterocycles. The molecule has 0 saturated heterocycles. The van der Waals surface area contributed by atoms with E-state index in [4.69, 9.17) is 4.74 Å². The Hall–Kier alpha value is -2.07. The van der Waals surface area contributed by atoms with Crippen LogP contribution in [-0.2, 0) is 22.6 Å². The van der Waals surface area contributed by atoms with Crippen molar-refractivity contribution in [3.63, 3.8) is 0 Å². The number of nitrogens with zero attached hydrogens (tertiary/aromatic N) is 2. The van der Waals surface area contributed by atoms with Crippen molar-refractivity contribution in [3.05, 3.63) is 59.4 Å². The number of hydrogen-bond acceptors (Lipinski definition) is 2. The molecule has 146 valence electrons. The Morgan fingerprint density at radius 1 is 1.15 bits per heavy atom. The van der Waals surface area contributed by atoms with Crippen LogP contribution in [0.3, 0.4) is 0 Å². The molecule has 1 aliphatic rings.